The summed E-state index contributed by atoms with van der Waals surface area (Å²) in [6.07, 6.45) is 1.44. The van der Waals surface area contributed by atoms with Gasteiger partial charge in [-0.3, -0.25) is 0 Å². The number of methoxy groups -OCH3 is 1. The molecule has 4 aromatic rings. The molecule has 0 aliphatic heterocycles. The fourth-order valence-corrected chi connectivity index (χ4v) is 4.82. The van der Waals surface area contributed by atoms with Gasteiger partial charge in [0.1, 0.15) is 5.60 Å². The van der Waals surface area contributed by atoms with Gasteiger partial charge in [0.25, 0.3) is 0 Å². The Labute approximate surface area is 191 Å². The minimum atomic E-state index is -1.12. The number of benzene rings is 3. The molecule has 4 rings (SSSR count). The summed E-state index contributed by atoms with van der Waals surface area (Å²) in [4.78, 5) is 4.79. The largest absolute Gasteiger partial charge is 0.481 e. The molecule has 3 aromatic carbocycles. The molecule has 0 aliphatic carbocycles. The minimum Gasteiger partial charge on any atom is -0.481 e. The van der Waals surface area contributed by atoms with Crippen molar-refractivity contribution in [3.05, 3.63) is 106 Å². The third-order valence-corrected chi connectivity index (χ3v) is 6.28. The van der Waals surface area contributed by atoms with Crippen LogP contribution in [-0.2, 0) is 5.60 Å². The van der Waals surface area contributed by atoms with Crippen molar-refractivity contribution in [2.45, 2.75) is 31.3 Å². The van der Waals surface area contributed by atoms with Gasteiger partial charge >= 0.3 is 0 Å². The molecule has 0 saturated carbocycles. The van der Waals surface area contributed by atoms with Gasteiger partial charge in [-0.15, -0.1) is 0 Å². The smallest absolute Gasteiger partial charge is 0.217 e. The van der Waals surface area contributed by atoms with E-state index in [1.54, 1.807) is 7.11 Å². The molecule has 0 aliphatic rings. The summed E-state index contributed by atoms with van der Waals surface area (Å²) in [5.41, 5.74) is 2.53. The molecule has 31 heavy (non-hydrogen) atoms. The second kappa shape index (κ2) is 9.21. The molecule has 0 fully saturated rings. The van der Waals surface area contributed by atoms with E-state index in [1.807, 2.05) is 60.7 Å². The zero-order valence-electron chi connectivity index (χ0n) is 17.8. The minimum absolute atomic E-state index is 0.345. The molecule has 0 amide bonds. The lowest BCUT2D eigenvalue weighted by Crippen LogP contribution is -2.34. The number of halogens is 1. The summed E-state index contributed by atoms with van der Waals surface area (Å²) in [5, 5.41) is 13.3. The number of hydrogen-bond acceptors (Lipinski definition) is 3. The molecule has 1 aromatic heterocycles. The van der Waals surface area contributed by atoms with Crippen LogP contribution < -0.4 is 4.74 Å². The normalized spacial score (nSPS) is 14.2. The molecule has 2 unspecified atom stereocenters. The Kier molecular flexibility index (Phi) is 6.40. The maximum atomic E-state index is 12.3. The monoisotopic (exact) mass is 475 g/mol. The van der Waals surface area contributed by atoms with Crippen molar-refractivity contribution in [1.29, 1.82) is 0 Å². The van der Waals surface area contributed by atoms with E-state index in [0.29, 0.717) is 12.3 Å². The molecule has 1 heterocycles. The van der Waals surface area contributed by atoms with Gasteiger partial charge in [0.05, 0.1) is 12.6 Å². The quantitative estimate of drug-likeness (QED) is 0.318. The highest BCUT2D eigenvalue weighted by Gasteiger charge is 2.41. The maximum Gasteiger partial charge on any atom is 0.217 e. The number of rotatable bonds is 7. The molecular weight excluding hydrogens is 450 g/mol. The highest BCUT2D eigenvalue weighted by atomic mass is 79.9. The first kappa shape index (κ1) is 21.5. The Balaban J connectivity index is 2.02. The zero-order chi connectivity index (χ0) is 21.8. The first-order chi connectivity index (χ1) is 15.1. The Morgan fingerprint density at radius 3 is 2.29 bits per heavy atom. The fraction of sp³-hybridized carbons (Fsp3) is 0.222. The van der Waals surface area contributed by atoms with E-state index < -0.39 is 5.60 Å². The second-order valence-corrected chi connectivity index (χ2v) is 8.72. The summed E-state index contributed by atoms with van der Waals surface area (Å²) >= 11 is 3.57. The van der Waals surface area contributed by atoms with Crippen LogP contribution in [0.3, 0.4) is 0 Å². The van der Waals surface area contributed by atoms with Crippen LogP contribution in [0.15, 0.2) is 89.4 Å². The van der Waals surface area contributed by atoms with Crippen LogP contribution in [0, 0.1) is 0 Å². The lowest BCUT2D eigenvalue weighted by molar-refractivity contribution is 0.00882. The average molecular weight is 476 g/mol. The van der Waals surface area contributed by atoms with Crippen LogP contribution in [0.2, 0.25) is 0 Å². The topological polar surface area (TPSA) is 42.4 Å². The second-order valence-electron chi connectivity index (χ2n) is 7.81. The molecule has 0 bridgehead atoms. The first-order valence-electron chi connectivity index (χ1n) is 10.5. The highest BCUT2D eigenvalue weighted by molar-refractivity contribution is 9.10. The van der Waals surface area contributed by atoms with Crippen molar-refractivity contribution in [3.63, 3.8) is 0 Å². The zero-order valence-corrected chi connectivity index (χ0v) is 19.3. The van der Waals surface area contributed by atoms with Crippen LogP contribution in [0.5, 0.6) is 5.88 Å². The number of fused-ring (bicyclic) bond motifs is 1. The number of ether oxygens (including phenoxy) is 1. The predicted molar refractivity (Wildman–Crippen MR) is 130 cm³/mol. The number of aromatic nitrogens is 1. The Bertz CT molecular complexity index is 1160. The lowest BCUT2D eigenvalue weighted by Gasteiger charge is -2.38. The van der Waals surface area contributed by atoms with Gasteiger partial charge in [0.15, 0.2) is 0 Å². The third-order valence-electron chi connectivity index (χ3n) is 5.79. The fourth-order valence-electron chi connectivity index (χ4n) is 4.44. The van der Waals surface area contributed by atoms with E-state index >= 15 is 0 Å². The van der Waals surface area contributed by atoms with Crippen LogP contribution in [0.4, 0.5) is 0 Å². The number of aliphatic hydroxyl groups is 1. The number of hydrogen-bond donors (Lipinski definition) is 1. The van der Waals surface area contributed by atoms with E-state index in [4.69, 9.17) is 9.72 Å². The Morgan fingerprint density at radius 2 is 1.65 bits per heavy atom. The van der Waals surface area contributed by atoms with Crippen LogP contribution in [-0.4, -0.2) is 17.2 Å². The van der Waals surface area contributed by atoms with Gasteiger partial charge in [-0.1, -0.05) is 89.9 Å². The van der Waals surface area contributed by atoms with Crippen molar-refractivity contribution in [2.75, 3.05) is 7.11 Å². The van der Waals surface area contributed by atoms with Gasteiger partial charge in [0.2, 0.25) is 5.88 Å². The molecule has 4 heteroatoms. The van der Waals surface area contributed by atoms with Crippen LogP contribution >= 0.6 is 15.9 Å². The van der Waals surface area contributed by atoms with E-state index in [9.17, 15) is 5.11 Å². The van der Waals surface area contributed by atoms with Crippen molar-refractivity contribution in [2.24, 2.45) is 0 Å². The van der Waals surface area contributed by atoms with Crippen LogP contribution in [0.1, 0.15) is 42.4 Å². The molecular formula is C27H26BrNO2. The van der Waals surface area contributed by atoms with Crippen molar-refractivity contribution in [1.82, 2.24) is 4.98 Å². The summed E-state index contributed by atoms with van der Waals surface area (Å²) in [5.74, 6) is 0.191. The lowest BCUT2D eigenvalue weighted by atomic mass is 9.71. The molecule has 0 saturated heterocycles. The third kappa shape index (κ3) is 4.23. The average Bonchev–Trinajstić information content (AvgIpc) is 2.80. The molecule has 158 valence electrons. The summed E-state index contributed by atoms with van der Waals surface area (Å²) < 4.78 is 6.75. The van der Waals surface area contributed by atoms with E-state index in [1.165, 1.54) is 0 Å². The summed E-state index contributed by atoms with van der Waals surface area (Å²) in [6, 6.07) is 28.2. The summed E-state index contributed by atoms with van der Waals surface area (Å²) in [6.45, 7) is 2.10. The highest BCUT2D eigenvalue weighted by Crippen LogP contribution is 2.47. The van der Waals surface area contributed by atoms with Gasteiger partial charge < -0.3 is 9.84 Å². The molecule has 2 atom stereocenters. The van der Waals surface area contributed by atoms with Crippen LogP contribution in [0.25, 0.3) is 10.9 Å². The Morgan fingerprint density at radius 1 is 0.968 bits per heavy atom. The number of nitrogens with zero attached hydrogens (tertiary/aromatic N) is 1. The Hall–Kier alpha value is -2.69. The molecule has 1 N–H and O–H groups in total. The molecule has 0 radical (unpaired) electrons. The van der Waals surface area contributed by atoms with Gasteiger partial charge in [0, 0.05) is 21.3 Å². The number of pyridine rings is 1. The van der Waals surface area contributed by atoms with Crippen molar-refractivity contribution < 1.29 is 9.84 Å². The van der Waals surface area contributed by atoms with E-state index in [-0.39, 0.29) is 5.92 Å². The molecule has 3 nitrogen and oxygen atoms in total. The molecule has 0 spiro atoms. The van der Waals surface area contributed by atoms with Gasteiger partial charge in [-0.25, -0.2) is 4.98 Å². The van der Waals surface area contributed by atoms with Gasteiger partial charge in [-0.05, 0) is 41.8 Å². The summed E-state index contributed by atoms with van der Waals surface area (Å²) in [7, 11) is 1.64. The standard InChI is InChI=1S/C27H26BrNO2/c1-3-16-27(30,21-12-8-5-9-13-21)25(19-10-6-4-7-11-19)23-18-20-17-22(28)14-15-24(20)29-26(23)31-2/h4-15,17-18,25,30H,3,16H2,1-2H3. The first-order valence-corrected chi connectivity index (χ1v) is 11.3. The SMILES string of the molecule is CCCC(O)(c1ccccc1)C(c1ccccc1)c1cc2cc(Br)ccc2nc1OC. The van der Waals surface area contributed by atoms with E-state index in [0.717, 1.165) is 38.5 Å². The van der Waals surface area contributed by atoms with Crippen molar-refractivity contribution >= 4 is 26.8 Å². The van der Waals surface area contributed by atoms with Crippen molar-refractivity contribution in [3.8, 4) is 5.88 Å². The maximum absolute atomic E-state index is 12.3. The predicted octanol–water partition coefficient (Wildman–Crippen LogP) is 6.83. The van der Waals surface area contributed by atoms with E-state index in [2.05, 4.69) is 47.1 Å². The van der Waals surface area contributed by atoms with Gasteiger partial charge in [-0.2, -0.15) is 0 Å².